The maximum atomic E-state index is 12.0. The number of nitrogens with zero attached hydrogens (tertiary/aromatic N) is 1. The predicted molar refractivity (Wildman–Crippen MR) is 81.3 cm³/mol. The molecular formula is C16H23NOS. The van der Waals surface area contributed by atoms with Crippen LogP contribution in [0.1, 0.15) is 43.4 Å². The van der Waals surface area contributed by atoms with Gasteiger partial charge in [-0.05, 0) is 46.1 Å². The van der Waals surface area contributed by atoms with Crippen LogP contribution in [0.5, 0.6) is 0 Å². The van der Waals surface area contributed by atoms with Gasteiger partial charge < -0.3 is 0 Å². The van der Waals surface area contributed by atoms with E-state index in [1.165, 1.54) is 11.1 Å². The molecule has 0 N–H and O–H groups in total. The Kier molecular flexibility index (Phi) is 5.75. The first-order valence-corrected chi connectivity index (χ1v) is 8.14. The van der Waals surface area contributed by atoms with Crippen molar-refractivity contribution in [2.24, 2.45) is 5.41 Å². The Labute approximate surface area is 119 Å². The average molecular weight is 277 g/mol. The first kappa shape index (κ1) is 15.9. The number of hydrogen-bond donors (Lipinski definition) is 0. The van der Waals surface area contributed by atoms with Gasteiger partial charge in [0.1, 0.15) is 0 Å². The van der Waals surface area contributed by atoms with Gasteiger partial charge in [0.05, 0.1) is 11.5 Å². The normalized spacial score (nSPS) is 13.0. The van der Waals surface area contributed by atoms with Crippen LogP contribution in [0.15, 0.2) is 18.2 Å². The molecule has 19 heavy (non-hydrogen) atoms. The van der Waals surface area contributed by atoms with Crippen molar-refractivity contribution in [3.8, 4) is 6.07 Å². The lowest BCUT2D eigenvalue weighted by molar-refractivity contribution is 0.447. The molecule has 3 heteroatoms. The summed E-state index contributed by atoms with van der Waals surface area (Å²) in [6.45, 7) is 7.99. The molecule has 0 aliphatic rings. The van der Waals surface area contributed by atoms with E-state index in [4.69, 9.17) is 5.26 Å². The molecule has 1 unspecified atom stereocenters. The molecular weight excluding hydrogens is 254 g/mol. The average Bonchev–Trinajstić information content (AvgIpc) is 2.27. The monoisotopic (exact) mass is 277 g/mol. The van der Waals surface area contributed by atoms with Crippen molar-refractivity contribution < 1.29 is 4.21 Å². The van der Waals surface area contributed by atoms with Crippen molar-refractivity contribution in [3.05, 3.63) is 34.9 Å². The van der Waals surface area contributed by atoms with E-state index in [1.54, 1.807) is 0 Å². The number of benzene rings is 1. The maximum Gasteiger partial charge on any atom is 0.0683 e. The van der Waals surface area contributed by atoms with E-state index >= 15 is 0 Å². The molecule has 0 aliphatic carbocycles. The predicted octanol–water partition coefficient (Wildman–Crippen LogP) is 3.88. The standard InChI is InChI=1S/C16H23NOS/c1-13-8-14(2)10-15(9-13)11-19(18)7-5-6-16(3,4)12-17/h8-10H,5-7,11H2,1-4H3. The second-order valence-electron chi connectivity index (χ2n) is 5.88. The molecule has 104 valence electrons. The number of aryl methyl sites for hydroxylation is 2. The molecule has 0 spiro atoms. The maximum absolute atomic E-state index is 12.0. The van der Waals surface area contributed by atoms with E-state index in [0.717, 1.165) is 18.4 Å². The third-order valence-electron chi connectivity index (χ3n) is 3.09. The van der Waals surface area contributed by atoms with Gasteiger partial charge >= 0.3 is 0 Å². The Hall–Kier alpha value is -1.14. The molecule has 0 bridgehead atoms. The van der Waals surface area contributed by atoms with Crippen LogP contribution >= 0.6 is 0 Å². The molecule has 2 nitrogen and oxygen atoms in total. The third-order valence-corrected chi connectivity index (χ3v) is 4.48. The van der Waals surface area contributed by atoms with E-state index < -0.39 is 10.8 Å². The van der Waals surface area contributed by atoms with Gasteiger partial charge in [0, 0.05) is 22.3 Å². The highest BCUT2D eigenvalue weighted by Gasteiger charge is 2.16. The minimum Gasteiger partial charge on any atom is -0.259 e. The molecule has 1 rings (SSSR count). The summed E-state index contributed by atoms with van der Waals surface area (Å²) in [4.78, 5) is 0. The van der Waals surface area contributed by atoms with Crippen molar-refractivity contribution in [1.82, 2.24) is 0 Å². The number of hydrogen-bond acceptors (Lipinski definition) is 2. The fourth-order valence-electron chi connectivity index (χ4n) is 2.14. The fourth-order valence-corrected chi connectivity index (χ4v) is 3.29. The van der Waals surface area contributed by atoms with Crippen LogP contribution in [0.4, 0.5) is 0 Å². The van der Waals surface area contributed by atoms with Gasteiger partial charge in [-0.2, -0.15) is 5.26 Å². The van der Waals surface area contributed by atoms with Crippen molar-refractivity contribution >= 4 is 10.8 Å². The van der Waals surface area contributed by atoms with Crippen LogP contribution in [0.3, 0.4) is 0 Å². The molecule has 0 saturated carbocycles. The SMILES string of the molecule is Cc1cc(C)cc(CS(=O)CCCC(C)(C)C#N)c1. The van der Waals surface area contributed by atoms with Crippen molar-refractivity contribution in [2.45, 2.75) is 46.3 Å². The van der Waals surface area contributed by atoms with Crippen LogP contribution in [-0.2, 0) is 16.6 Å². The molecule has 0 radical (unpaired) electrons. The second-order valence-corrected chi connectivity index (χ2v) is 7.46. The Bertz CT molecular complexity index is 480. The van der Waals surface area contributed by atoms with Gasteiger partial charge in [0.2, 0.25) is 0 Å². The Morgan fingerprint density at radius 1 is 1.21 bits per heavy atom. The summed E-state index contributed by atoms with van der Waals surface area (Å²) >= 11 is 0. The highest BCUT2D eigenvalue weighted by molar-refractivity contribution is 7.84. The van der Waals surface area contributed by atoms with Gasteiger partial charge in [0.25, 0.3) is 0 Å². The van der Waals surface area contributed by atoms with Crippen LogP contribution < -0.4 is 0 Å². The zero-order valence-electron chi connectivity index (χ0n) is 12.3. The summed E-state index contributed by atoms with van der Waals surface area (Å²) in [7, 11) is -0.834. The van der Waals surface area contributed by atoms with E-state index in [0.29, 0.717) is 11.5 Å². The zero-order valence-corrected chi connectivity index (χ0v) is 13.1. The molecule has 0 fully saturated rings. The smallest absolute Gasteiger partial charge is 0.0683 e. The molecule has 0 saturated heterocycles. The summed E-state index contributed by atoms with van der Waals surface area (Å²) in [6.07, 6.45) is 1.65. The van der Waals surface area contributed by atoms with Gasteiger partial charge in [-0.15, -0.1) is 0 Å². The molecule has 1 aromatic rings. The molecule has 0 aromatic heterocycles. The van der Waals surface area contributed by atoms with Crippen molar-refractivity contribution in [2.75, 3.05) is 5.75 Å². The van der Waals surface area contributed by atoms with Gasteiger partial charge in [-0.3, -0.25) is 4.21 Å². The highest BCUT2D eigenvalue weighted by atomic mass is 32.2. The summed E-state index contributed by atoms with van der Waals surface area (Å²) < 4.78 is 12.0. The van der Waals surface area contributed by atoms with E-state index in [2.05, 4.69) is 38.1 Å². The molecule has 0 aliphatic heterocycles. The first-order chi connectivity index (χ1) is 8.82. The Morgan fingerprint density at radius 2 is 1.79 bits per heavy atom. The van der Waals surface area contributed by atoms with Crippen molar-refractivity contribution in [3.63, 3.8) is 0 Å². The van der Waals surface area contributed by atoms with E-state index in [-0.39, 0.29) is 5.41 Å². The highest BCUT2D eigenvalue weighted by Crippen LogP contribution is 2.21. The van der Waals surface area contributed by atoms with Crippen LogP contribution in [0.2, 0.25) is 0 Å². The quantitative estimate of drug-likeness (QED) is 0.791. The minimum absolute atomic E-state index is 0.301. The number of rotatable bonds is 6. The second kappa shape index (κ2) is 6.86. The fraction of sp³-hybridized carbons (Fsp3) is 0.562. The lowest BCUT2D eigenvalue weighted by Gasteiger charge is -2.14. The summed E-state index contributed by atoms with van der Waals surface area (Å²) in [5, 5.41) is 8.93. The summed E-state index contributed by atoms with van der Waals surface area (Å²) in [6, 6.07) is 8.61. The van der Waals surface area contributed by atoms with Crippen LogP contribution in [-0.4, -0.2) is 9.96 Å². The lowest BCUT2D eigenvalue weighted by Crippen LogP contribution is -2.10. The molecule has 0 amide bonds. The lowest BCUT2D eigenvalue weighted by atomic mass is 9.90. The first-order valence-electron chi connectivity index (χ1n) is 6.66. The van der Waals surface area contributed by atoms with Gasteiger partial charge in [-0.25, -0.2) is 0 Å². The van der Waals surface area contributed by atoms with Gasteiger partial charge in [-0.1, -0.05) is 29.3 Å². The Morgan fingerprint density at radius 3 is 2.32 bits per heavy atom. The summed E-state index contributed by atoms with van der Waals surface area (Å²) in [5.74, 6) is 1.30. The van der Waals surface area contributed by atoms with Gasteiger partial charge in [0.15, 0.2) is 0 Å². The van der Waals surface area contributed by atoms with Crippen LogP contribution in [0.25, 0.3) is 0 Å². The topological polar surface area (TPSA) is 40.9 Å². The summed E-state index contributed by atoms with van der Waals surface area (Å²) in [5.41, 5.74) is 3.29. The van der Waals surface area contributed by atoms with E-state index in [1.807, 2.05) is 13.8 Å². The van der Waals surface area contributed by atoms with Crippen LogP contribution in [0, 0.1) is 30.6 Å². The minimum atomic E-state index is -0.834. The Balaban J connectivity index is 2.46. The zero-order chi connectivity index (χ0) is 14.5. The third kappa shape index (κ3) is 6.02. The molecule has 1 atom stereocenters. The molecule has 0 heterocycles. The van der Waals surface area contributed by atoms with Crippen molar-refractivity contribution in [1.29, 1.82) is 5.26 Å². The number of nitriles is 1. The molecule has 1 aromatic carbocycles. The largest absolute Gasteiger partial charge is 0.259 e. The van der Waals surface area contributed by atoms with E-state index in [9.17, 15) is 4.21 Å².